The molecule has 2 rings (SSSR count). The lowest BCUT2D eigenvalue weighted by Crippen LogP contribution is -2.27. The molecule has 0 spiro atoms. The summed E-state index contributed by atoms with van der Waals surface area (Å²) in [5.74, 6) is 0.772. The lowest BCUT2D eigenvalue weighted by atomic mass is 10.1. The van der Waals surface area contributed by atoms with Crippen LogP contribution in [0.25, 0.3) is 0 Å². The van der Waals surface area contributed by atoms with E-state index in [1.165, 1.54) is 13.3 Å². The van der Waals surface area contributed by atoms with Gasteiger partial charge in [-0.2, -0.15) is 5.26 Å². The van der Waals surface area contributed by atoms with Crippen molar-refractivity contribution < 1.29 is 14.3 Å². The summed E-state index contributed by atoms with van der Waals surface area (Å²) < 4.78 is 10.4. The zero-order valence-corrected chi connectivity index (χ0v) is 14.8. The van der Waals surface area contributed by atoms with Crippen molar-refractivity contribution in [2.24, 2.45) is 0 Å². The number of carbonyl (C=O) groups excluding carboxylic acids is 1. The van der Waals surface area contributed by atoms with Gasteiger partial charge in [-0.25, -0.2) is 0 Å². The highest BCUT2D eigenvalue weighted by Crippen LogP contribution is 2.28. The van der Waals surface area contributed by atoms with E-state index < -0.39 is 5.91 Å². The largest absolute Gasteiger partial charge is 0.497 e. The Morgan fingerprint density at radius 3 is 2.58 bits per heavy atom. The second-order valence-corrected chi connectivity index (χ2v) is 5.37. The van der Waals surface area contributed by atoms with Crippen LogP contribution >= 0.6 is 0 Å². The van der Waals surface area contributed by atoms with Gasteiger partial charge in [-0.05, 0) is 24.1 Å². The zero-order valence-electron chi connectivity index (χ0n) is 14.8. The van der Waals surface area contributed by atoms with Crippen molar-refractivity contribution in [3.8, 4) is 17.6 Å². The van der Waals surface area contributed by atoms with Gasteiger partial charge in [-0.1, -0.05) is 30.3 Å². The Balaban J connectivity index is 1.99. The van der Waals surface area contributed by atoms with Crippen LogP contribution in [-0.4, -0.2) is 26.7 Å². The predicted molar refractivity (Wildman–Crippen MR) is 100 cm³/mol. The average molecular weight is 351 g/mol. The van der Waals surface area contributed by atoms with Crippen LogP contribution in [0.1, 0.15) is 5.56 Å². The minimum Gasteiger partial charge on any atom is -0.497 e. The summed E-state index contributed by atoms with van der Waals surface area (Å²) in [6.07, 6.45) is 2.05. The van der Waals surface area contributed by atoms with E-state index in [4.69, 9.17) is 9.47 Å². The summed E-state index contributed by atoms with van der Waals surface area (Å²) in [5, 5.41) is 14.9. The smallest absolute Gasteiger partial charge is 0.263 e. The van der Waals surface area contributed by atoms with Crippen LogP contribution in [0.2, 0.25) is 0 Å². The number of hydrogen-bond acceptors (Lipinski definition) is 5. The highest BCUT2D eigenvalue weighted by Gasteiger charge is 2.09. The van der Waals surface area contributed by atoms with Gasteiger partial charge in [0.1, 0.15) is 23.1 Å². The van der Waals surface area contributed by atoms with E-state index >= 15 is 0 Å². The zero-order chi connectivity index (χ0) is 18.8. The fourth-order valence-corrected chi connectivity index (χ4v) is 2.29. The van der Waals surface area contributed by atoms with E-state index in [2.05, 4.69) is 10.6 Å². The topological polar surface area (TPSA) is 83.4 Å². The first kappa shape index (κ1) is 18.9. The summed E-state index contributed by atoms with van der Waals surface area (Å²) >= 11 is 0. The average Bonchev–Trinajstić information content (AvgIpc) is 2.69. The van der Waals surface area contributed by atoms with Crippen molar-refractivity contribution in [2.45, 2.75) is 6.42 Å². The second-order valence-electron chi connectivity index (χ2n) is 5.37. The number of nitrogens with zero attached hydrogens (tertiary/aromatic N) is 1. The second kappa shape index (κ2) is 9.74. The van der Waals surface area contributed by atoms with Crippen LogP contribution in [0.4, 0.5) is 5.69 Å². The monoisotopic (exact) mass is 351 g/mol. The number of nitriles is 1. The molecule has 6 nitrogen and oxygen atoms in total. The lowest BCUT2D eigenvalue weighted by molar-refractivity contribution is -0.117. The van der Waals surface area contributed by atoms with Gasteiger partial charge in [0, 0.05) is 18.8 Å². The van der Waals surface area contributed by atoms with Gasteiger partial charge in [0.25, 0.3) is 5.91 Å². The number of nitrogens with one attached hydrogen (secondary N) is 2. The Morgan fingerprint density at radius 2 is 1.92 bits per heavy atom. The van der Waals surface area contributed by atoms with Crippen molar-refractivity contribution in [1.29, 1.82) is 5.26 Å². The van der Waals surface area contributed by atoms with Crippen molar-refractivity contribution in [2.75, 3.05) is 26.1 Å². The van der Waals surface area contributed by atoms with E-state index in [1.807, 2.05) is 36.4 Å². The number of carbonyl (C=O) groups is 1. The molecule has 26 heavy (non-hydrogen) atoms. The normalized spacial score (nSPS) is 10.6. The third-order valence-corrected chi connectivity index (χ3v) is 3.69. The van der Waals surface area contributed by atoms with Gasteiger partial charge < -0.3 is 20.1 Å². The molecule has 0 unspecified atom stereocenters. The van der Waals surface area contributed by atoms with Crippen LogP contribution in [-0.2, 0) is 11.2 Å². The molecule has 0 saturated carbocycles. The van der Waals surface area contributed by atoms with E-state index in [9.17, 15) is 10.1 Å². The van der Waals surface area contributed by atoms with Crippen LogP contribution in [0.5, 0.6) is 11.5 Å². The Kier molecular flexibility index (Phi) is 7.07. The number of anilines is 1. The number of hydrogen-bond donors (Lipinski definition) is 2. The molecule has 0 bridgehead atoms. The fraction of sp³-hybridized carbons (Fsp3) is 0.200. The van der Waals surface area contributed by atoms with E-state index in [0.717, 1.165) is 5.56 Å². The first-order valence-corrected chi connectivity index (χ1v) is 8.09. The molecule has 2 N–H and O–H groups in total. The molecular weight excluding hydrogens is 330 g/mol. The van der Waals surface area contributed by atoms with Gasteiger partial charge in [0.15, 0.2) is 0 Å². The van der Waals surface area contributed by atoms with Crippen molar-refractivity contribution in [1.82, 2.24) is 5.32 Å². The van der Waals surface area contributed by atoms with Crippen LogP contribution in [0.15, 0.2) is 60.3 Å². The van der Waals surface area contributed by atoms with E-state index in [-0.39, 0.29) is 5.57 Å². The molecule has 0 saturated heterocycles. The summed E-state index contributed by atoms with van der Waals surface area (Å²) in [5.41, 5.74) is 1.69. The Hall–Kier alpha value is -3.46. The molecule has 0 radical (unpaired) electrons. The standard InChI is InChI=1S/C20H21N3O3/c1-25-17-8-9-19(26-2)18(12-17)23-14-16(13-21)20(24)22-11-10-15-6-4-3-5-7-15/h3-9,12,14,23H,10-11H2,1-2H3,(H,22,24)/b16-14-. The number of rotatable bonds is 8. The highest BCUT2D eigenvalue weighted by molar-refractivity contribution is 5.97. The quantitative estimate of drug-likeness (QED) is 0.564. The molecule has 0 heterocycles. The molecule has 0 atom stereocenters. The number of benzene rings is 2. The van der Waals surface area contributed by atoms with Gasteiger partial charge in [0.2, 0.25) is 0 Å². The molecule has 0 aliphatic carbocycles. The summed E-state index contributed by atoms with van der Waals surface area (Å²) in [6, 6.07) is 16.9. The number of ether oxygens (including phenoxy) is 2. The molecule has 0 aliphatic rings. The molecule has 6 heteroatoms. The first-order chi connectivity index (χ1) is 12.7. The maximum atomic E-state index is 12.2. The van der Waals surface area contributed by atoms with Crippen LogP contribution in [0.3, 0.4) is 0 Å². The number of methoxy groups -OCH3 is 2. The van der Waals surface area contributed by atoms with Crippen molar-refractivity contribution >= 4 is 11.6 Å². The Bertz CT molecular complexity index is 811. The first-order valence-electron chi connectivity index (χ1n) is 8.09. The summed E-state index contributed by atoms with van der Waals surface area (Å²) in [6.45, 7) is 0.449. The molecule has 0 fully saturated rings. The van der Waals surface area contributed by atoms with Gasteiger partial charge in [0.05, 0.1) is 19.9 Å². The number of amides is 1. The fourth-order valence-electron chi connectivity index (χ4n) is 2.29. The molecule has 2 aromatic carbocycles. The summed E-state index contributed by atoms with van der Waals surface area (Å²) in [7, 11) is 3.10. The summed E-state index contributed by atoms with van der Waals surface area (Å²) in [4.78, 5) is 12.2. The highest BCUT2D eigenvalue weighted by atomic mass is 16.5. The molecule has 134 valence electrons. The minimum atomic E-state index is -0.433. The maximum Gasteiger partial charge on any atom is 0.263 e. The van der Waals surface area contributed by atoms with Crippen molar-refractivity contribution in [3.63, 3.8) is 0 Å². The van der Waals surface area contributed by atoms with Gasteiger partial charge in [-0.3, -0.25) is 4.79 Å². The third kappa shape index (κ3) is 5.28. The minimum absolute atomic E-state index is 0.0251. The predicted octanol–water partition coefficient (Wildman–Crippen LogP) is 2.88. The Labute approximate surface area is 153 Å². The Morgan fingerprint density at radius 1 is 1.15 bits per heavy atom. The molecule has 0 aromatic heterocycles. The lowest BCUT2D eigenvalue weighted by Gasteiger charge is -2.10. The molecule has 0 aliphatic heterocycles. The van der Waals surface area contributed by atoms with Crippen LogP contribution in [0, 0.1) is 11.3 Å². The van der Waals surface area contributed by atoms with E-state index in [1.54, 1.807) is 25.3 Å². The molecule has 1 amide bonds. The van der Waals surface area contributed by atoms with Gasteiger partial charge in [-0.15, -0.1) is 0 Å². The van der Waals surface area contributed by atoms with Crippen LogP contribution < -0.4 is 20.1 Å². The van der Waals surface area contributed by atoms with Gasteiger partial charge >= 0.3 is 0 Å². The molecule has 2 aromatic rings. The van der Waals surface area contributed by atoms with Crippen molar-refractivity contribution in [3.05, 3.63) is 65.9 Å². The molecular formula is C20H21N3O3. The third-order valence-electron chi connectivity index (χ3n) is 3.69. The maximum absolute atomic E-state index is 12.2. The SMILES string of the molecule is COc1ccc(OC)c(N/C=C(/C#N)C(=O)NCCc2ccccc2)c1. The van der Waals surface area contributed by atoms with E-state index in [0.29, 0.717) is 30.2 Å².